The standard InChI is InChI=1S/C15H23N3S/c1-10-7-8-11(2)18(9-10)12-5-4-6-13(19-3)14(12)15(16)17/h4-6,10-11H,7-9H2,1-3H3,(H3,16,17). The summed E-state index contributed by atoms with van der Waals surface area (Å²) in [5, 5.41) is 7.89. The molecule has 0 radical (unpaired) electrons. The van der Waals surface area contributed by atoms with Crippen molar-refractivity contribution < 1.29 is 0 Å². The summed E-state index contributed by atoms with van der Waals surface area (Å²) in [6, 6.07) is 6.74. The van der Waals surface area contributed by atoms with Gasteiger partial charge in [-0.3, -0.25) is 5.41 Å². The molecule has 0 amide bonds. The van der Waals surface area contributed by atoms with Crippen molar-refractivity contribution in [3.63, 3.8) is 0 Å². The van der Waals surface area contributed by atoms with Crippen molar-refractivity contribution >= 4 is 23.3 Å². The Hall–Kier alpha value is -1.16. The quantitative estimate of drug-likeness (QED) is 0.506. The summed E-state index contributed by atoms with van der Waals surface area (Å²) < 4.78 is 0. The van der Waals surface area contributed by atoms with Crippen LogP contribution in [0.3, 0.4) is 0 Å². The molecule has 0 spiro atoms. The first-order valence-corrected chi connectivity index (χ1v) is 8.05. The summed E-state index contributed by atoms with van der Waals surface area (Å²) in [4.78, 5) is 3.51. The van der Waals surface area contributed by atoms with Gasteiger partial charge in [-0.25, -0.2) is 0 Å². The molecule has 2 atom stereocenters. The Morgan fingerprint density at radius 2 is 2.11 bits per heavy atom. The minimum atomic E-state index is 0.172. The van der Waals surface area contributed by atoms with Crippen LogP contribution in [0.1, 0.15) is 32.3 Å². The first-order valence-electron chi connectivity index (χ1n) is 6.82. The number of anilines is 1. The second-order valence-electron chi connectivity index (χ2n) is 5.45. The van der Waals surface area contributed by atoms with Gasteiger partial charge >= 0.3 is 0 Å². The van der Waals surface area contributed by atoms with E-state index >= 15 is 0 Å². The van der Waals surface area contributed by atoms with E-state index in [2.05, 4.69) is 30.9 Å². The molecule has 1 aliphatic heterocycles. The predicted octanol–water partition coefficient (Wildman–Crippen LogP) is 3.32. The zero-order chi connectivity index (χ0) is 14.0. The number of amidine groups is 1. The predicted molar refractivity (Wildman–Crippen MR) is 84.4 cm³/mol. The third-order valence-electron chi connectivity index (χ3n) is 3.92. The molecule has 0 saturated carbocycles. The number of nitrogens with one attached hydrogen (secondary N) is 1. The van der Waals surface area contributed by atoms with Crippen LogP contribution >= 0.6 is 11.8 Å². The van der Waals surface area contributed by atoms with Crippen molar-refractivity contribution in [3.05, 3.63) is 23.8 Å². The third-order valence-corrected chi connectivity index (χ3v) is 4.70. The zero-order valence-corrected chi connectivity index (χ0v) is 12.8. The number of benzene rings is 1. The van der Waals surface area contributed by atoms with Gasteiger partial charge in [0.2, 0.25) is 0 Å². The van der Waals surface area contributed by atoms with Gasteiger partial charge in [0.1, 0.15) is 5.84 Å². The van der Waals surface area contributed by atoms with E-state index in [1.165, 1.54) is 12.8 Å². The molecule has 3 nitrogen and oxygen atoms in total. The fourth-order valence-corrected chi connectivity index (χ4v) is 3.46. The van der Waals surface area contributed by atoms with Crippen molar-refractivity contribution in [2.45, 2.75) is 37.6 Å². The summed E-state index contributed by atoms with van der Waals surface area (Å²) in [5.74, 6) is 0.874. The molecular formula is C15H23N3S. The summed E-state index contributed by atoms with van der Waals surface area (Å²) in [6.45, 7) is 5.62. The monoisotopic (exact) mass is 277 g/mol. The minimum Gasteiger partial charge on any atom is -0.384 e. The lowest BCUT2D eigenvalue weighted by Gasteiger charge is -2.39. The Morgan fingerprint density at radius 3 is 2.74 bits per heavy atom. The van der Waals surface area contributed by atoms with Crippen LogP contribution in [0.4, 0.5) is 5.69 Å². The maximum absolute atomic E-state index is 7.89. The number of hydrogen-bond donors (Lipinski definition) is 2. The molecule has 1 fully saturated rings. The summed E-state index contributed by atoms with van der Waals surface area (Å²) in [7, 11) is 0. The molecule has 1 aromatic carbocycles. The zero-order valence-electron chi connectivity index (χ0n) is 11.9. The Morgan fingerprint density at radius 1 is 1.37 bits per heavy atom. The van der Waals surface area contributed by atoms with E-state index in [1.807, 2.05) is 12.3 Å². The van der Waals surface area contributed by atoms with Crippen molar-refractivity contribution in [2.75, 3.05) is 17.7 Å². The fourth-order valence-electron chi connectivity index (χ4n) is 2.82. The highest BCUT2D eigenvalue weighted by Gasteiger charge is 2.26. The van der Waals surface area contributed by atoms with Crippen molar-refractivity contribution in [2.24, 2.45) is 11.7 Å². The number of nitrogens with two attached hydrogens (primary N) is 1. The largest absolute Gasteiger partial charge is 0.384 e. The summed E-state index contributed by atoms with van der Waals surface area (Å²) in [5.41, 5.74) is 7.84. The van der Waals surface area contributed by atoms with Crippen LogP contribution in [0, 0.1) is 11.3 Å². The molecule has 0 bridgehead atoms. The van der Waals surface area contributed by atoms with Crippen LogP contribution in [-0.4, -0.2) is 24.7 Å². The van der Waals surface area contributed by atoms with Gasteiger partial charge in [-0.2, -0.15) is 0 Å². The van der Waals surface area contributed by atoms with E-state index < -0.39 is 0 Å². The number of thioether (sulfide) groups is 1. The highest BCUT2D eigenvalue weighted by Crippen LogP contribution is 2.34. The lowest BCUT2D eigenvalue weighted by Crippen LogP contribution is -2.42. The van der Waals surface area contributed by atoms with Crippen molar-refractivity contribution in [3.8, 4) is 0 Å². The molecule has 104 valence electrons. The Kier molecular flexibility index (Phi) is 4.40. The summed E-state index contributed by atoms with van der Waals surface area (Å²) >= 11 is 1.66. The lowest BCUT2D eigenvalue weighted by molar-refractivity contribution is 0.390. The Balaban J connectivity index is 2.46. The van der Waals surface area contributed by atoms with Crippen molar-refractivity contribution in [1.82, 2.24) is 0 Å². The number of hydrogen-bond acceptors (Lipinski definition) is 3. The van der Waals surface area contributed by atoms with E-state index in [0.29, 0.717) is 12.0 Å². The number of nitrogens with zero attached hydrogens (tertiary/aromatic N) is 1. The van der Waals surface area contributed by atoms with Gasteiger partial charge in [-0.05, 0) is 44.1 Å². The van der Waals surface area contributed by atoms with E-state index in [9.17, 15) is 0 Å². The van der Waals surface area contributed by atoms with E-state index in [1.54, 1.807) is 11.8 Å². The van der Waals surface area contributed by atoms with E-state index in [-0.39, 0.29) is 5.84 Å². The molecule has 4 heteroatoms. The molecule has 3 N–H and O–H groups in total. The molecular weight excluding hydrogens is 254 g/mol. The van der Waals surface area contributed by atoms with Crippen LogP contribution in [0.2, 0.25) is 0 Å². The van der Waals surface area contributed by atoms with Gasteiger partial charge in [-0.15, -0.1) is 11.8 Å². The molecule has 1 saturated heterocycles. The van der Waals surface area contributed by atoms with Crippen LogP contribution in [0.5, 0.6) is 0 Å². The normalized spacial score (nSPS) is 23.4. The summed E-state index contributed by atoms with van der Waals surface area (Å²) in [6.07, 6.45) is 4.53. The lowest BCUT2D eigenvalue weighted by atomic mass is 9.93. The van der Waals surface area contributed by atoms with Gasteiger partial charge in [0.05, 0.1) is 5.56 Å². The van der Waals surface area contributed by atoms with E-state index in [4.69, 9.17) is 11.1 Å². The molecule has 1 aromatic rings. The highest BCUT2D eigenvalue weighted by molar-refractivity contribution is 7.98. The van der Waals surface area contributed by atoms with Gasteiger partial charge in [0.25, 0.3) is 0 Å². The van der Waals surface area contributed by atoms with Crippen LogP contribution in [-0.2, 0) is 0 Å². The van der Waals surface area contributed by atoms with Gasteiger partial charge < -0.3 is 10.6 Å². The number of nitrogen functional groups attached to an aromatic ring is 1. The molecule has 0 aromatic heterocycles. The smallest absolute Gasteiger partial charge is 0.126 e. The molecule has 1 aliphatic rings. The van der Waals surface area contributed by atoms with Crippen LogP contribution in [0.25, 0.3) is 0 Å². The van der Waals surface area contributed by atoms with Gasteiger partial charge in [0, 0.05) is 23.2 Å². The maximum atomic E-state index is 7.89. The first-order chi connectivity index (χ1) is 9.04. The fraction of sp³-hybridized carbons (Fsp3) is 0.533. The number of piperidine rings is 1. The Bertz CT molecular complexity index is 472. The molecule has 2 rings (SSSR count). The average Bonchev–Trinajstić information content (AvgIpc) is 2.40. The molecule has 0 aliphatic carbocycles. The SMILES string of the molecule is CSc1cccc(N2CC(C)CCC2C)c1C(=N)N. The third kappa shape index (κ3) is 2.89. The second-order valence-corrected chi connectivity index (χ2v) is 6.30. The minimum absolute atomic E-state index is 0.172. The topological polar surface area (TPSA) is 53.1 Å². The second kappa shape index (κ2) is 5.87. The molecule has 2 unspecified atom stereocenters. The van der Waals surface area contributed by atoms with Gasteiger partial charge in [0.15, 0.2) is 0 Å². The first kappa shape index (κ1) is 14.3. The molecule has 1 heterocycles. The maximum Gasteiger partial charge on any atom is 0.126 e. The van der Waals surface area contributed by atoms with E-state index in [0.717, 1.165) is 22.7 Å². The van der Waals surface area contributed by atoms with Crippen molar-refractivity contribution in [1.29, 1.82) is 5.41 Å². The van der Waals surface area contributed by atoms with Crippen LogP contribution < -0.4 is 10.6 Å². The molecule has 19 heavy (non-hydrogen) atoms. The Labute approximate surface area is 120 Å². The highest BCUT2D eigenvalue weighted by atomic mass is 32.2. The van der Waals surface area contributed by atoms with Crippen LogP contribution in [0.15, 0.2) is 23.1 Å². The average molecular weight is 277 g/mol. The van der Waals surface area contributed by atoms with Gasteiger partial charge in [-0.1, -0.05) is 13.0 Å². The number of rotatable bonds is 3.